The molecular formula is C10H10N2O. The summed E-state index contributed by atoms with van der Waals surface area (Å²) < 4.78 is 0. The number of aromatic hydroxyl groups is 1. The molecule has 0 aliphatic carbocycles. The second-order valence-electron chi connectivity index (χ2n) is 3.01. The van der Waals surface area contributed by atoms with Crippen LogP contribution in [0.3, 0.4) is 0 Å². The largest absolute Gasteiger partial charge is 0.506 e. The topological polar surface area (TPSA) is 59.1 Å². The monoisotopic (exact) mass is 174 g/mol. The third-order valence-corrected chi connectivity index (χ3v) is 2.18. The van der Waals surface area contributed by atoms with Crippen molar-refractivity contribution in [1.29, 1.82) is 0 Å². The number of pyridine rings is 1. The summed E-state index contributed by atoms with van der Waals surface area (Å²) in [6, 6.07) is 5.30. The van der Waals surface area contributed by atoms with Gasteiger partial charge in [-0.15, -0.1) is 0 Å². The standard InChI is InChI=1S/C10H10N2O/c1-6-7-3-2-4-9(13)10(7)12-5-8(6)11/h2-5,13H,11H2,1H3. The molecular weight excluding hydrogens is 164 g/mol. The lowest BCUT2D eigenvalue weighted by Gasteiger charge is -2.05. The molecule has 13 heavy (non-hydrogen) atoms. The van der Waals surface area contributed by atoms with Crippen LogP contribution in [0, 0.1) is 6.92 Å². The first-order chi connectivity index (χ1) is 6.20. The average molecular weight is 174 g/mol. The molecule has 0 radical (unpaired) electrons. The molecule has 0 aliphatic rings. The van der Waals surface area contributed by atoms with Crippen molar-refractivity contribution >= 4 is 16.6 Å². The minimum Gasteiger partial charge on any atom is -0.506 e. The predicted octanol–water partition coefficient (Wildman–Crippen LogP) is 1.83. The number of nitrogen functional groups attached to an aromatic ring is 1. The molecule has 0 aliphatic heterocycles. The molecule has 0 fully saturated rings. The number of benzene rings is 1. The third-order valence-electron chi connectivity index (χ3n) is 2.18. The Labute approximate surface area is 75.8 Å². The van der Waals surface area contributed by atoms with Crippen molar-refractivity contribution < 1.29 is 5.11 Å². The van der Waals surface area contributed by atoms with Crippen LogP contribution >= 0.6 is 0 Å². The van der Waals surface area contributed by atoms with Crippen molar-refractivity contribution in [1.82, 2.24) is 4.98 Å². The van der Waals surface area contributed by atoms with Gasteiger partial charge in [-0.2, -0.15) is 0 Å². The van der Waals surface area contributed by atoms with Gasteiger partial charge in [0.15, 0.2) is 0 Å². The lowest BCUT2D eigenvalue weighted by Crippen LogP contribution is -1.92. The maximum absolute atomic E-state index is 9.48. The number of rotatable bonds is 0. The number of aryl methyl sites for hydroxylation is 1. The highest BCUT2D eigenvalue weighted by Gasteiger charge is 2.04. The molecule has 1 heterocycles. The van der Waals surface area contributed by atoms with Gasteiger partial charge in [0.05, 0.1) is 11.9 Å². The SMILES string of the molecule is Cc1c(N)cnc2c(O)cccc12. The molecule has 0 bridgehead atoms. The van der Waals surface area contributed by atoms with Crippen LogP contribution in [0.4, 0.5) is 5.69 Å². The van der Waals surface area contributed by atoms with E-state index in [1.807, 2.05) is 13.0 Å². The van der Waals surface area contributed by atoms with E-state index in [0.717, 1.165) is 10.9 Å². The van der Waals surface area contributed by atoms with Gasteiger partial charge < -0.3 is 10.8 Å². The van der Waals surface area contributed by atoms with Gasteiger partial charge in [0.2, 0.25) is 0 Å². The first kappa shape index (κ1) is 7.86. The number of hydrogen-bond acceptors (Lipinski definition) is 3. The number of phenols is 1. The van der Waals surface area contributed by atoms with E-state index >= 15 is 0 Å². The lowest BCUT2D eigenvalue weighted by atomic mass is 10.1. The molecule has 0 spiro atoms. The number of hydrogen-bond donors (Lipinski definition) is 2. The van der Waals surface area contributed by atoms with E-state index < -0.39 is 0 Å². The Morgan fingerprint density at radius 3 is 2.92 bits per heavy atom. The van der Waals surface area contributed by atoms with E-state index in [-0.39, 0.29) is 5.75 Å². The normalized spacial score (nSPS) is 10.5. The summed E-state index contributed by atoms with van der Waals surface area (Å²) >= 11 is 0. The minimum absolute atomic E-state index is 0.195. The Bertz CT molecular complexity index is 466. The van der Waals surface area contributed by atoms with E-state index in [1.165, 1.54) is 0 Å². The third kappa shape index (κ3) is 1.09. The fourth-order valence-electron chi connectivity index (χ4n) is 1.36. The fourth-order valence-corrected chi connectivity index (χ4v) is 1.36. The van der Waals surface area contributed by atoms with Gasteiger partial charge in [-0.1, -0.05) is 12.1 Å². The molecule has 0 saturated heterocycles. The van der Waals surface area contributed by atoms with Gasteiger partial charge in [0.1, 0.15) is 11.3 Å². The van der Waals surface area contributed by atoms with Crippen molar-refractivity contribution in [3.8, 4) is 5.75 Å². The highest BCUT2D eigenvalue weighted by atomic mass is 16.3. The molecule has 2 aromatic rings. The van der Waals surface area contributed by atoms with Gasteiger partial charge in [-0.3, -0.25) is 4.98 Å². The molecule has 1 aromatic carbocycles. The maximum atomic E-state index is 9.48. The number of fused-ring (bicyclic) bond motifs is 1. The summed E-state index contributed by atoms with van der Waals surface area (Å²) in [7, 11) is 0. The minimum atomic E-state index is 0.195. The number of phenolic OH excluding ortho intramolecular Hbond substituents is 1. The van der Waals surface area contributed by atoms with Crippen molar-refractivity contribution in [3.05, 3.63) is 30.0 Å². The molecule has 2 rings (SSSR count). The summed E-state index contributed by atoms with van der Waals surface area (Å²) in [6.07, 6.45) is 1.57. The Kier molecular flexibility index (Phi) is 1.59. The van der Waals surface area contributed by atoms with Crippen LogP contribution in [0.2, 0.25) is 0 Å². The van der Waals surface area contributed by atoms with Crippen LogP contribution in [0.25, 0.3) is 10.9 Å². The van der Waals surface area contributed by atoms with Crippen LogP contribution in [-0.2, 0) is 0 Å². The Morgan fingerprint density at radius 1 is 1.38 bits per heavy atom. The first-order valence-corrected chi connectivity index (χ1v) is 4.03. The Hall–Kier alpha value is -1.77. The first-order valence-electron chi connectivity index (χ1n) is 4.03. The van der Waals surface area contributed by atoms with Crippen LogP contribution in [0.1, 0.15) is 5.56 Å². The van der Waals surface area contributed by atoms with Crippen LogP contribution < -0.4 is 5.73 Å². The van der Waals surface area contributed by atoms with E-state index in [0.29, 0.717) is 11.2 Å². The Morgan fingerprint density at radius 2 is 2.15 bits per heavy atom. The fraction of sp³-hybridized carbons (Fsp3) is 0.100. The second-order valence-corrected chi connectivity index (χ2v) is 3.01. The quantitative estimate of drug-likeness (QED) is 0.640. The van der Waals surface area contributed by atoms with Gasteiger partial charge in [-0.25, -0.2) is 0 Å². The zero-order valence-electron chi connectivity index (χ0n) is 7.28. The number of anilines is 1. The Balaban J connectivity index is 2.94. The smallest absolute Gasteiger partial charge is 0.141 e. The number of para-hydroxylation sites is 1. The molecule has 0 unspecified atom stereocenters. The van der Waals surface area contributed by atoms with Crippen LogP contribution in [0.15, 0.2) is 24.4 Å². The van der Waals surface area contributed by atoms with E-state index in [9.17, 15) is 5.11 Å². The molecule has 0 amide bonds. The average Bonchev–Trinajstić information content (AvgIpc) is 2.12. The molecule has 0 atom stereocenters. The van der Waals surface area contributed by atoms with Gasteiger partial charge in [-0.05, 0) is 18.6 Å². The van der Waals surface area contributed by atoms with E-state index in [2.05, 4.69) is 4.98 Å². The summed E-state index contributed by atoms with van der Waals surface area (Å²) in [4.78, 5) is 4.07. The number of nitrogens with zero attached hydrogens (tertiary/aromatic N) is 1. The molecule has 1 aromatic heterocycles. The summed E-state index contributed by atoms with van der Waals surface area (Å²) in [6.45, 7) is 1.92. The van der Waals surface area contributed by atoms with Crippen molar-refractivity contribution in [2.45, 2.75) is 6.92 Å². The van der Waals surface area contributed by atoms with Crippen molar-refractivity contribution in [2.75, 3.05) is 5.73 Å². The summed E-state index contributed by atoms with van der Waals surface area (Å²) in [5.41, 5.74) is 7.91. The van der Waals surface area contributed by atoms with Gasteiger partial charge in [0, 0.05) is 5.39 Å². The predicted molar refractivity (Wildman–Crippen MR) is 52.6 cm³/mol. The zero-order valence-corrected chi connectivity index (χ0v) is 7.28. The second kappa shape index (κ2) is 2.62. The van der Waals surface area contributed by atoms with Crippen molar-refractivity contribution in [2.24, 2.45) is 0 Å². The van der Waals surface area contributed by atoms with Gasteiger partial charge in [0.25, 0.3) is 0 Å². The number of nitrogens with two attached hydrogens (primary N) is 1. The summed E-state index contributed by atoms with van der Waals surface area (Å²) in [5, 5.41) is 10.4. The zero-order chi connectivity index (χ0) is 9.42. The lowest BCUT2D eigenvalue weighted by molar-refractivity contribution is 0.480. The maximum Gasteiger partial charge on any atom is 0.141 e. The molecule has 0 saturated carbocycles. The number of aromatic nitrogens is 1. The van der Waals surface area contributed by atoms with E-state index in [1.54, 1.807) is 18.3 Å². The summed E-state index contributed by atoms with van der Waals surface area (Å²) in [5.74, 6) is 0.195. The molecule has 3 heteroatoms. The van der Waals surface area contributed by atoms with Crippen molar-refractivity contribution in [3.63, 3.8) is 0 Å². The van der Waals surface area contributed by atoms with E-state index in [4.69, 9.17) is 5.73 Å². The highest BCUT2D eigenvalue weighted by Crippen LogP contribution is 2.26. The molecule has 3 nitrogen and oxygen atoms in total. The van der Waals surface area contributed by atoms with Crippen LogP contribution in [0.5, 0.6) is 5.75 Å². The highest BCUT2D eigenvalue weighted by molar-refractivity contribution is 5.89. The van der Waals surface area contributed by atoms with Gasteiger partial charge >= 0.3 is 0 Å². The molecule has 66 valence electrons. The molecule has 3 N–H and O–H groups in total. The van der Waals surface area contributed by atoms with Crippen LogP contribution in [-0.4, -0.2) is 10.1 Å².